The Morgan fingerprint density at radius 1 is 1.21 bits per heavy atom. The van der Waals surface area contributed by atoms with Crippen molar-refractivity contribution in [3.63, 3.8) is 0 Å². The zero-order chi connectivity index (χ0) is 14.2. The molecule has 0 amide bonds. The molecular weight excluding hydrogens is 248 g/mol. The minimum atomic E-state index is -0.602. The van der Waals surface area contributed by atoms with Crippen LogP contribution >= 0.6 is 0 Å². The van der Waals surface area contributed by atoms with Gasteiger partial charge in [0.2, 0.25) is 0 Å². The van der Waals surface area contributed by atoms with Gasteiger partial charge in [0.1, 0.15) is 11.6 Å². The number of aromatic nitrogens is 2. The van der Waals surface area contributed by atoms with E-state index in [1.54, 1.807) is 11.6 Å². The lowest BCUT2D eigenvalue weighted by Crippen LogP contribution is -2.17. The van der Waals surface area contributed by atoms with Gasteiger partial charge >= 0.3 is 0 Å². The molecule has 1 unspecified atom stereocenters. The second kappa shape index (κ2) is 5.09. The van der Waals surface area contributed by atoms with Gasteiger partial charge in [-0.1, -0.05) is 0 Å². The van der Waals surface area contributed by atoms with E-state index in [1.807, 2.05) is 20.0 Å². The molecule has 0 bridgehead atoms. The molecule has 2 N–H and O–H groups in total. The van der Waals surface area contributed by atoms with E-state index in [4.69, 9.17) is 5.73 Å². The van der Waals surface area contributed by atoms with Crippen LogP contribution in [0.4, 0.5) is 8.78 Å². The molecule has 0 aliphatic heterocycles. The Morgan fingerprint density at radius 2 is 1.89 bits per heavy atom. The maximum absolute atomic E-state index is 13.7. The van der Waals surface area contributed by atoms with E-state index in [-0.39, 0.29) is 0 Å². The van der Waals surface area contributed by atoms with Gasteiger partial charge in [-0.2, -0.15) is 5.10 Å². The quantitative estimate of drug-likeness (QED) is 0.927. The van der Waals surface area contributed by atoms with Crippen LogP contribution < -0.4 is 5.73 Å². The number of halogens is 2. The number of rotatable bonds is 3. The van der Waals surface area contributed by atoms with Crippen molar-refractivity contribution < 1.29 is 8.78 Å². The molecular formula is C14H17F2N3. The molecule has 2 rings (SSSR count). The van der Waals surface area contributed by atoms with E-state index in [0.717, 1.165) is 17.5 Å². The first-order chi connectivity index (χ1) is 8.88. The maximum Gasteiger partial charge on any atom is 0.130 e. The third-order valence-corrected chi connectivity index (χ3v) is 3.21. The Hall–Kier alpha value is -1.75. The molecule has 102 valence electrons. The maximum atomic E-state index is 13.7. The number of aryl methyl sites for hydroxylation is 3. The Morgan fingerprint density at radius 3 is 2.47 bits per heavy atom. The van der Waals surface area contributed by atoms with Crippen molar-refractivity contribution in [1.82, 2.24) is 9.78 Å². The molecule has 0 saturated carbocycles. The summed E-state index contributed by atoms with van der Waals surface area (Å²) in [6.07, 6.45) is 0.458. The Labute approximate surface area is 111 Å². The van der Waals surface area contributed by atoms with Crippen LogP contribution in [0.15, 0.2) is 18.2 Å². The number of nitrogens with two attached hydrogens (primary N) is 1. The van der Waals surface area contributed by atoms with Gasteiger partial charge in [-0.05, 0) is 31.5 Å². The smallest absolute Gasteiger partial charge is 0.130 e. The summed E-state index contributed by atoms with van der Waals surface area (Å²) in [5, 5.41) is 4.22. The molecule has 0 aliphatic rings. The van der Waals surface area contributed by atoms with Crippen molar-refractivity contribution >= 4 is 0 Å². The number of hydrogen-bond donors (Lipinski definition) is 1. The van der Waals surface area contributed by atoms with Gasteiger partial charge in [0, 0.05) is 36.8 Å². The third-order valence-electron chi connectivity index (χ3n) is 3.21. The average molecular weight is 265 g/mol. The number of nitrogens with zero attached hydrogens (tertiary/aromatic N) is 2. The van der Waals surface area contributed by atoms with Crippen molar-refractivity contribution in [3.8, 4) is 0 Å². The van der Waals surface area contributed by atoms with Crippen LogP contribution in [0, 0.1) is 25.5 Å². The van der Waals surface area contributed by atoms with E-state index < -0.39 is 17.7 Å². The average Bonchev–Trinajstić information content (AvgIpc) is 2.62. The first kappa shape index (κ1) is 13.7. The monoisotopic (exact) mass is 265 g/mol. The van der Waals surface area contributed by atoms with E-state index in [2.05, 4.69) is 5.10 Å². The molecule has 0 aliphatic carbocycles. The highest BCUT2D eigenvalue weighted by Crippen LogP contribution is 2.22. The fraction of sp³-hybridized carbons (Fsp3) is 0.357. The lowest BCUT2D eigenvalue weighted by Gasteiger charge is -2.14. The van der Waals surface area contributed by atoms with Gasteiger partial charge < -0.3 is 5.73 Å². The summed E-state index contributed by atoms with van der Waals surface area (Å²) in [6.45, 7) is 3.48. The van der Waals surface area contributed by atoms with E-state index >= 15 is 0 Å². The van der Waals surface area contributed by atoms with Gasteiger partial charge in [-0.15, -0.1) is 0 Å². The summed E-state index contributed by atoms with van der Waals surface area (Å²) in [6, 6.07) is 3.75. The minimum absolute atomic E-state index is 0.331. The molecule has 1 atom stereocenters. The van der Waals surface area contributed by atoms with Crippen LogP contribution in [0.2, 0.25) is 0 Å². The van der Waals surface area contributed by atoms with Crippen molar-refractivity contribution in [3.05, 3.63) is 52.3 Å². The summed E-state index contributed by atoms with van der Waals surface area (Å²) in [7, 11) is 1.82. The largest absolute Gasteiger partial charge is 0.324 e. The third kappa shape index (κ3) is 2.81. The zero-order valence-corrected chi connectivity index (χ0v) is 11.2. The molecule has 0 spiro atoms. The number of hydrogen-bond acceptors (Lipinski definition) is 2. The normalized spacial score (nSPS) is 12.7. The molecule has 2 aromatic rings. The summed E-state index contributed by atoms with van der Waals surface area (Å²) in [5.74, 6) is -1.15. The summed E-state index contributed by atoms with van der Waals surface area (Å²) in [5.41, 5.74) is 8.56. The van der Waals surface area contributed by atoms with Crippen LogP contribution in [0.25, 0.3) is 0 Å². The first-order valence-electron chi connectivity index (χ1n) is 6.09. The zero-order valence-electron chi connectivity index (χ0n) is 11.2. The lowest BCUT2D eigenvalue weighted by atomic mass is 10.00. The van der Waals surface area contributed by atoms with Crippen LogP contribution in [0.5, 0.6) is 0 Å². The fourth-order valence-corrected chi connectivity index (χ4v) is 2.15. The lowest BCUT2D eigenvalue weighted by molar-refractivity contribution is 0.544. The van der Waals surface area contributed by atoms with E-state index in [0.29, 0.717) is 17.5 Å². The predicted molar refractivity (Wildman–Crippen MR) is 69.7 cm³/mol. The standard InChI is InChI=1S/C14H17F2N3/c1-8-4-11(13(16)7-12(8)15)14(17)6-10-5-9(2)18-19(10)3/h4-5,7,14H,6,17H2,1-3H3. The summed E-state index contributed by atoms with van der Waals surface area (Å²) >= 11 is 0. The molecule has 0 fully saturated rings. The fourth-order valence-electron chi connectivity index (χ4n) is 2.15. The Balaban J connectivity index is 2.27. The molecule has 0 radical (unpaired) electrons. The molecule has 3 nitrogen and oxygen atoms in total. The van der Waals surface area contributed by atoms with Crippen molar-refractivity contribution in [1.29, 1.82) is 0 Å². The SMILES string of the molecule is Cc1cc(CC(N)c2cc(C)c(F)cc2F)n(C)n1. The van der Waals surface area contributed by atoms with Crippen molar-refractivity contribution in [2.45, 2.75) is 26.3 Å². The van der Waals surface area contributed by atoms with Gasteiger partial charge in [0.25, 0.3) is 0 Å². The highest BCUT2D eigenvalue weighted by molar-refractivity contribution is 5.29. The van der Waals surface area contributed by atoms with E-state index in [1.165, 1.54) is 6.07 Å². The Kier molecular flexibility index (Phi) is 3.66. The molecule has 0 saturated heterocycles. The summed E-state index contributed by atoms with van der Waals surface area (Å²) < 4.78 is 28.7. The van der Waals surface area contributed by atoms with Gasteiger partial charge in [-0.3, -0.25) is 4.68 Å². The van der Waals surface area contributed by atoms with Gasteiger partial charge in [0.15, 0.2) is 0 Å². The highest BCUT2D eigenvalue weighted by Gasteiger charge is 2.16. The molecule has 19 heavy (non-hydrogen) atoms. The second-order valence-electron chi connectivity index (χ2n) is 4.83. The van der Waals surface area contributed by atoms with Gasteiger partial charge in [-0.25, -0.2) is 8.78 Å². The predicted octanol–water partition coefficient (Wildman–Crippen LogP) is 2.56. The first-order valence-corrected chi connectivity index (χ1v) is 6.09. The van der Waals surface area contributed by atoms with Crippen LogP contribution in [0.1, 0.15) is 28.6 Å². The van der Waals surface area contributed by atoms with E-state index in [9.17, 15) is 8.78 Å². The highest BCUT2D eigenvalue weighted by atomic mass is 19.1. The number of benzene rings is 1. The minimum Gasteiger partial charge on any atom is -0.324 e. The van der Waals surface area contributed by atoms with Crippen LogP contribution in [-0.4, -0.2) is 9.78 Å². The second-order valence-corrected chi connectivity index (χ2v) is 4.83. The van der Waals surface area contributed by atoms with Crippen LogP contribution in [-0.2, 0) is 13.5 Å². The molecule has 1 heterocycles. The van der Waals surface area contributed by atoms with Crippen molar-refractivity contribution in [2.75, 3.05) is 0 Å². The Bertz CT molecular complexity index is 605. The molecule has 1 aromatic carbocycles. The van der Waals surface area contributed by atoms with Crippen molar-refractivity contribution in [2.24, 2.45) is 12.8 Å². The topological polar surface area (TPSA) is 43.8 Å². The molecule has 5 heteroatoms. The summed E-state index contributed by atoms with van der Waals surface area (Å²) in [4.78, 5) is 0. The van der Waals surface area contributed by atoms with Crippen LogP contribution in [0.3, 0.4) is 0 Å². The van der Waals surface area contributed by atoms with Gasteiger partial charge in [0.05, 0.1) is 5.69 Å². The molecule has 1 aromatic heterocycles.